The highest BCUT2D eigenvalue weighted by atomic mass is 32.1. The van der Waals surface area contributed by atoms with E-state index in [-0.39, 0.29) is 0 Å². The summed E-state index contributed by atoms with van der Waals surface area (Å²) >= 11 is 1.40. The number of rotatable bonds is 5. The zero-order valence-electron chi connectivity index (χ0n) is 16.8. The van der Waals surface area contributed by atoms with Crippen LogP contribution in [0.25, 0.3) is 10.2 Å². The van der Waals surface area contributed by atoms with Crippen LogP contribution in [0.5, 0.6) is 0 Å². The van der Waals surface area contributed by atoms with Gasteiger partial charge in [0.2, 0.25) is 0 Å². The number of fused-ring (bicyclic) bond motifs is 1. The lowest BCUT2D eigenvalue weighted by Crippen LogP contribution is -2.49. The molecule has 0 aromatic carbocycles. The van der Waals surface area contributed by atoms with E-state index in [1.807, 2.05) is 38.4 Å². The van der Waals surface area contributed by atoms with Crippen LogP contribution < -0.4 is 4.90 Å². The van der Waals surface area contributed by atoms with Gasteiger partial charge in [0.05, 0.1) is 21.6 Å². The van der Waals surface area contributed by atoms with Gasteiger partial charge in [0, 0.05) is 39.4 Å². The molecule has 1 saturated heterocycles. The SMILES string of the molecule is CC1CCCCC(C)N1N(C)C=Nc1c(C=O)sc2nccc(N(C)C)c12. The van der Waals surface area contributed by atoms with Crippen LogP contribution in [-0.4, -0.2) is 60.9 Å². The lowest BCUT2D eigenvalue weighted by atomic mass is 10.1. The molecule has 0 amide bonds. The first-order valence-corrected chi connectivity index (χ1v) is 10.3. The molecule has 7 heteroatoms. The van der Waals surface area contributed by atoms with E-state index in [1.165, 1.54) is 37.0 Å². The molecule has 3 heterocycles. The van der Waals surface area contributed by atoms with E-state index in [1.54, 1.807) is 6.20 Å². The van der Waals surface area contributed by atoms with Gasteiger partial charge in [-0.15, -0.1) is 11.3 Å². The second-order valence-electron chi connectivity index (χ2n) is 7.52. The normalized spacial score (nSPS) is 21.5. The first kappa shape index (κ1) is 19.8. The molecule has 2 aromatic rings. The molecule has 0 bridgehead atoms. The maximum Gasteiger partial charge on any atom is 0.162 e. The predicted molar refractivity (Wildman–Crippen MR) is 114 cm³/mol. The van der Waals surface area contributed by atoms with Crippen molar-refractivity contribution in [3.05, 3.63) is 17.1 Å². The van der Waals surface area contributed by atoms with Crippen LogP contribution in [0.2, 0.25) is 0 Å². The zero-order valence-corrected chi connectivity index (χ0v) is 17.7. The smallest absolute Gasteiger partial charge is 0.162 e. The lowest BCUT2D eigenvalue weighted by Gasteiger charge is -2.38. The Morgan fingerprint density at radius 3 is 2.48 bits per heavy atom. The van der Waals surface area contributed by atoms with Crippen LogP contribution in [0.3, 0.4) is 0 Å². The summed E-state index contributed by atoms with van der Waals surface area (Å²) in [6, 6.07) is 2.91. The minimum absolute atomic E-state index is 0.475. The second-order valence-corrected chi connectivity index (χ2v) is 8.55. The third-order valence-electron chi connectivity index (χ3n) is 5.28. The molecule has 3 rings (SSSR count). The molecule has 1 fully saturated rings. The van der Waals surface area contributed by atoms with Gasteiger partial charge in [0.1, 0.15) is 11.2 Å². The van der Waals surface area contributed by atoms with E-state index in [4.69, 9.17) is 4.99 Å². The number of hydrogen-bond acceptors (Lipinski definition) is 6. The zero-order chi connectivity index (χ0) is 19.6. The van der Waals surface area contributed by atoms with Crippen LogP contribution >= 0.6 is 11.3 Å². The second kappa shape index (κ2) is 8.35. The van der Waals surface area contributed by atoms with E-state index >= 15 is 0 Å². The summed E-state index contributed by atoms with van der Waals surface area (Å²) in [5, 5.41) is 5.43. The minimum Gasteiger partial charge on any atom is -0.377 e. The molecule has 1 aliphatic rings. The topological polar surface area (TPSA) is 52.0 Å². The number of nitrogens with zero attached hydrogens (tertiary/aromatic N) is 5. The van der Waals surface area contributed by atoms with Crippen molar-refractivity contribution in [1.29, 1.82) is 0 Å². The van der Waals surface area contributed by atoms with Crippen LogP contribution in [0, 0.1) is 0 Å². The van der Waals surface area contributed by atoms with Crippen molar-refractivity contribution in [2.75, 3.05) is 26.0 Å². The van der Waals surface area contributed by atoms with E-state index in [2.05, 4.69) is 28.8 Å². The van der Waals surface area contributed by atoms with Crippen molar-refractivity contribution in [3.63, 3.8) is 0 Å². The average molecular weight is 388 g/mol. The van der Waals surface area contributed by atoms with Crippen LogP contribution in [0.4, 0.5) is 11.4 Å². The molecular weight excluding hydrogens is 358 g/mol. The number of anilines is 1. The van der Waals surface area contributed by atoms with Crippen LogP contribution in [0.1, 0.15) is 49.2 Å². The van der Waals surface area contributed by atoms with Gasteiger partial charge in [-0.1, -0.05) is 12.8 Å². The molecule has 1 aliphatic heterocycles. The van der Waals surface area contributed by atoms with Gasteiger partial charge in [0.15, 0.2) is 6.29 Å². The number of thiophene rings is 1. The standard InChI is InChI=1S/C20H29N5OS/c1-14-8-6-7-9-15(2)25(14)24(5)13-22-19-17(12-26)27-20-18(19)16(23(3)4)10-11-21-20/h10-15H,6-9H2,1-5H3. The van der Waals surface area contributed by atoms with Gasteiger partial charge < -0.3 is 4.90 Å². The number of hydrogen-bond donors (Lipinski definition) is 0. The van der Waals surface area contributed by atoms with Gasteiger partial charge in [-0.05, 0) is 32.8 Å². The number of aldehydes is 1. The summed E-state index contributed by atoms with van der Waals surface area (Å²) in [5.74, 6) is 0. The highest BCUT2D eigenvalue weighted by molar-refractivity contribution is 7.21. The summed E-state index contributed by atoms with van der Waals surface area (Å²) in [7, 11) is 6.03. The molecule has 0 radical (unpaired) electrons. The highest BCUT2D eigenvalue weighted by Crippen LogP contribution is 2.40. The summed E-state index contributed by atoms with van der Waals surface area (Å²) < 4.78 is 0. The highest BCUT2D eigenvalue weighted by Gasteiger charge is 2.25. The molecule has 0 saturated carbocycles. The molecule has 2 atom stereocenters. The summed E-state index contributed by atoms with van der Waals surface area (Å²) in [6.45, 7) is 4.55. The summed E-state index contributed by atoms with van der Waals surface area (Å²) in [6.07, 6.45) is 9.44. The maximum atomic E-state index is 11.6. The Bertz CT molecular complexity index is 819. The Hall–Kier alpha value is -1.99. The van der Waals surface area contributed by atoms with Gasteiger partial charge in [0.25, 0.3) is 0 Å². The van der Waals surface area contributed by atoms with Gasteiger partial charge in [-0.2, -0.15) is 0 Å². The maximum absolute atomic E-state index is 11.6. The average Bonchev–Trinajstić information content (AvgIpc) is 2.91. The molecule has 0 spiro atoms. The minimum atomic E-state index is 0.475. The lowest BCUT2D eigenvalue weighted by molar-refractivity contribution is -0.00446. The van der Waals surface area contributed by atoms with Crippen LogP contribution in [-0.2, 0) is 0 Å². The van der Waals surface area contributed by atoms with Crippen molar-refractivity contribution in [2.24, 2.45) is 4.99 Å². The Kier molecular flexibility index (Phi) is 6.11. The van der Waals surface area contributed by atoms with Crippen molar-refractivity contribution in [1.82, 2.24) is 15.0 Å². The monoisotopic (exact) mass is 387 g/mol. The van der Waals surface area contributed by atoms with Gasteiger partial charge >= 0.3 is 0 Å². The van der Waals surface area contributed by atoms with Gasteiger partial charge in [-0.3, -0.25) is 9.80 Å². The van der Waals surface area contributed by atoms with Crippen LogP contribution in [0.15, 0.2) is 17.3 Å². The van der Waals surface area contributed by atoms with Gasteiger partial charge in [-0.25, -0.2) is 15.0 Å². The summed E-state index contributed by atoms with van der Waals surface area (Å²) in [4.78, 5) is 24.3. The van der Waals surface area contributed by atoms with E-state index in [9.17, 15) is 4.79 Å². The number of carbonyl (C=O) groups excluding carboxylic acids is 1. The third kappa shape index (κ3) is 3.99. The Balaban J connectivity index is 1.98. The fourth-order valence-corrected chi connectivity index (χ4v) is 4.92. The Morgan fingerprint density at radius 1 is 1.22 bits per heavy atom. The first-order valence-electron chi connectivity index (χ1n) is 9.53. The number of pyridine rings is 1. The number of carbonyl (C=O) groups is 1. The van der Waals surface area contributed by atoms with Crippen molar-refractivity contribution < 1.29 is 4.79 Å². The molecule has 2 aromatic heterocycles. The van der Waals surface area contributed by atoms with Crippen molar-refractivity contribution in [3.8, 4) is 0 Å². The fraction of sp³-hybridized carbons (Fsp3) is 0.550. The molecule has 27 heavy (non-hydrogen) atoms. The molecule has 6 nitrogen and oxygen atoms in total. The van der Waals surface area contributed by atoms with E-state index in [0.29, 0.717) is 22.6 Å². The molecule has 146 valence electrons. The molecular formula is C20H29N5OS. The first-order chi connectivity index (χ1) is 12.9. The van der Waals surface area contributed by atoms with E-state index in [0.717, 1.165) is 22.2 Å². The van der Waals surface area contributed by atoms with E-state index < -0.39 is 0 Å². The number of aromatic nitrogens is 1. The molecule has 2 unspecified atom stereocenters. The largest absolute Gasteiger partial charge is 0.377 e. The quantitative estimate of drug-likeness (QED) is 0.434. The predicted octanol–water partition coefficient (Wildman–Crippen LogP) is 4.33. The third-order valence-corrected chi connectivity index (χ3v) is 6.29. The molecule has 0 aliphatic carbocycles. The Morgan fingerprint density at radius 2 is 1.89 bits per heavy atom. The number of hydrazine groups is 1. The summed E-state index contributed by atoms with van der Waals surface area (Å²) in [5.41, 5.74) is 1.74. The fourth-order valence-electron chi connectivity index (χ4n) is 3.99. The van der Waals surface area contributed by atoms with Crippen molar-refractivity contribution >= 4 is 45.6 Å². The van der Waals surface area contributed by atoms with Crippen molar-refractivity contribution in [2.45, 2.75) is 51.6 Å². The molecule has 0 N–H and O–H groups in total. The number of aliphatic imine (C=N–C) groups is 1. The Labute approximate surface area is 165 Å².